The third kappa shape index (κ3) is 5.79. The van der Waals surface area contributed by atoms with E-state index in [0.717, 1.165) is 48.8 Å². The van der Waals surface area contributed by atoms with E-state index in [9.17, 15) is 4.79 Å². The van der Waals surface area contributed by atoms with E-state index < -0.39 is 0 Å². The molecule has 1 aliphatic rings. The van der Waals surface area contributed by atoms with Gasteiger partial charge in [-0.2, -0.15) is 0 Å². The second-order valence-electron chi connectivity index (χ2n) is 7.68. The standard InChI is InChI=1S/C23H31N5O/c1-4-24-23(27-20-11-13-28(16-20)22(29)17(2)3)26-15-18-8-7-9-19(14-18)21-10-5-6-12-25-21/h5-10,12,14,17,20H,4,11,13,15-16H2,1-3H3,(H2,24,26,27). The number of aliphatic imine (C=N–C) groups is 1. The number of aromatic nitrogens is 1. The third-order valence-electron chi connectivity index (χ3n) is 4.99. The maximum absolute atomic E-state index is 12.2. The Balaban J connectivity index is 1.63. The molecule has 0 spiro atoms. The molecule has 1 atom stereocenters. The maximum atomic E-state index is 12.2. The van der Waals surface area contributed by atoms with Crippen LogP contribution < -0.4 is 10.6 Å². The maximum Gasteiger partial charge on any atom is 0.225 e. The first kappa shape index (κ1) is 20.8. The van der Waals surface area contributed by atoms with Gasteiger partial charge in [-0.25, -0.2) is 4.99 Å². The highest BCUT2D eigenvalue weighted by molar-refractivity contribution is 5.81. The van der Waals surface area contributed by atoms with Crippen molar-refractivity contribution in [2.75, 3.05) is 19.6 Å². The Hall–Kier alpha value is -2.89. The number of benzene rings is 1. The van der Waals surface area contributed by atoms with Gasteiger partial charge in [0.15, 0.2) is 5.96 Å². The number of hydrogen-bond acceptors (Lipinski definition) is 3. The molecule has 1 unspecified atom stereocenters. The highest BCUT2D eigenvalue weighted by Crippen LogP contribution is 2.18. The molecule has 2 aromatic rings. The van der Waals surface area contributed by atoms with Gasteiger partial charge >= 0.3 is 0 Å². The van der Waals surface area contributed by atoms with Crippen LogP contribution in [0.1, 0.15) is 32.8 Å². The van der Waals surface area contributed by atoms with Gasteiger partial charge < -0.3 is 15.5 Å². The number of rotatable bonds is 6. The van der Waals surface area contributed by atoms with Crippen LogP contribution in [0.25, 0.3) is 11.3 Å². The third-order valence-corrected chi connectivity index (χ3v) is 4.99. The summed E-state index contributed by atoms with van der Waals surface area (Å²) in [6, 6.07) is 14.5. The average molecular weight is 394 g/mol. The largest absolute Gasteiger partial charge is 0.357 e. The molecule has 0 aliphatic carbocycles. The summed E-state index contributed by atoms with van der Waals surface area (Å²) >= 11 is 0. The molecule has 1 aliphatic heterocycles. The summed E-state index contributed by atoms with van der Waals surface area (Å²) in [7, 11) is 0. The van der Waals surface area contributed by atoms with Gasteiger partial charge in [0.25, 0.3) is 0 Å². The summed E-state index contributed by atoms with van der Waals surface area (Å²) in [5, 5.41) is 6.81. The van der Waals surface area contributed by atoms with Crippen LogP contribution in [-0.2, 0) is 11.3 Å². The molecule has 1 aromatic carbocycles. The van der Waals surface area contributed by atoms with E-state index >= 15 is 0 Å². The van der Waals surface area contributed by atoms with Crippen molar-refractivity contribution in [1.29, 1.82) is 0 Å². The molecular formula is C23H31N5O. The Bertz CT molecular complexity index is 834. The minimum absolute atomic E-state index is 0.0436. The zero-order valence-electron chi connectivity index (χ0n) is 17.6. The van der Waals surface area contributed by atoms with Crippen LogP contribution in [0.15, 0.2) is 53.7 Å². The fourth-order valence-electron chi connectivity index (χ4n) is 3.49. The minimum atomic E-state index is 0.0436. The first-order valence-electron chi connectivity index (χ1n) is 10.4. The number of likely N-dealkylation sites (tertiary alicyclic amines) is 1. The summed E-state index contributed by atoms with van der Waals surface area (Å²) < 4.78 is 0. The lowest BCUT2D eigenvalue weighted by molar-refractivity contribution is -0.133. The lowest BCUT2D eigenvalue weighted by Gasteiger charge is -2.20. The van der Waals surface area contributed by atoms with Gasteiger partial charge in [-0.1, -0.05) is 38.1 Å². The predicted octanol–water partition coefficient (Wildman–Crippen LogP) is 3.06. The fourth-order valence-corrected chi connectivity index (χ4v) is 3.49. The van der Waals surface area contributed by atoms with Gasteiger partial charge in [0.1, 0.15) is 0 Å². The molecule has 29 heavy (non-hydrogen) atoms. The normalized spacial score (nSPS) is 16.9. The second-order valence-corrected chi connectivity index (χ2v) is 7.68. The summed E-state index contributed by atoms with van der Waals surface area (Å²) in [6.45, 7) is 8.87. The van der Waals surface area contributed by atoms with Crippen LogP contribution in [-0.4, -0.2) is 47.4 Å². The van der Waals surface area contributed by atoms with Gasteiger partial charge in [0.2, 0.25) is 5.91 Å². The van der Waals surface area contributed by atoms with E-state index in [-0.39, 0.29) is 17.9 Å². The van der Waals surface area contributed by atoms with E-state index in [1.807, 2.05) is 49.2 Å². The van der Waals surface area contributed by atoms with E-state index in [4.69, 9.17) is 4.99 Å². The highest BCUT2D eigenvalue weighted by Gasteiger charge is 2.27. The number of guanidine groups is 1. The number of carbonyl (C=O) groups excluding carboxylic acids is 1. The van der Waals surface area contributed by atoms with Crippen molar-refractivity contribution in [1.82, 2.24) is 20.5 Å². The lowest BCUT2D eigenvalue weighted by atomic mass is 10.1. The van der Waals surface area contributed by atoms with Crippen LogP contribution in [0.5, 0.6) is 0 Å². The quantitative estimate of drug-likeness (QED) is 0.585. The zero-order chi connectivity index (χ0) is 20.6. The lowest BCUT2D eigenvalue weighted by Crippen LogP contribution is -2.45. The first-order valence-corrected chi connectivity index (χ1v) is 10.4. The van der Waals surface area contributed by atoms with Gasteiger partial charge in [-0.3, -0.25) is 9.78 Å². The highest BCUT2D eigenvalue weighted by atomic mass is 16.2. The summed E-state index contributed by atoms with van der Waals surface area (Å²) in [5.74, 6) is 1.06. The molecule has 6 heteroatoms. The van der Waals surface area contributed by atoms with Crippen molar-refractivity contribution >= 4 is 11.9 Å². The van der Waals surface area contributed by atoms with Gasteiger partial charge in [-0.15, -0.1) is 0 Å². The molecule has 154 valence electrons. The SMILES string of the molecule is CCNC(=NCc1cccc(-c2ccccn2)c1)NC1CCN(C(=O)C(C)C)C1. The Morgan fingerprint density at radius 2 is 2.14 bits per heavy atom. The van der Waals surface area contributed by atoms with Crippen molar-refractivity contribution in [3.63, 3.8) is 0 Å². The molecule has 0 radical (unpaired) electrons. The number of amides is 1. The molecule has 1 saturated heterocycles. The second kappa shape index (κ2) is 10.0. The zero-order valence-corrected chi connectivity index (χ0v) is 17.6. The number of hydrogen-bond donors (Lipinski definition) is 2. The molecule has 1 amide bonds. The van der Waals surface area contributed by atoms with Gasteiger partial charge in [-0.05, 0) is 37.1 Å². The Morgan fingerprint density at radius 1 is 1.28 bits per heavy atom. The fraction of sp³-hybridized carbons (Fsp3) is 0.435. The van der Waals surface area contributed by atoms with E-state index in [2.05, 4.69) is 40.7 Å². The topological polar surface area (TPSA) is 69.6 Å². The van der Waals surface area contributed by atoms with Crippen LogP contribution in [0.2, 0.25) is 0 Å². The molecule has 6 nitrogen and oxygen atoms in total. The van der Waals surface area contributed by atoms with Crippen LogP contribution >= 0.6 is 0 Å². The molecule has 2 heterocycles. The van der Waals surface area contributed by atoms with Gasteiger partial charge in [0.05, 0.1) is 12.2 Å². The number of nitrogens with one attached hydrogen (secondary N) is 2. The summed E-state index contributed by atoms with van der Waals surface area (Å²) in [4.78, 5) is 23.3. The molecular weight excluding hydrogens is 362 g/mol. The van der Waals surface area contributed by atoms with E-state index in [1.165, 1.54) is 0 Å². The van der Waals surface area contributed by atoms with Crippen LogP contribution in [0.3, 0.4) is 0 Å². The van der Waals surface area contributed by atoms with E-state index in [0.29, 0.717) is 6.54 Å². The summed E-state index contributed by atoms with van der Waals surface area (Å²) in [5.41, 5.74) is 3.19. The van der Waals surface area contributed by atoms with Crippen molar-refractivity contribution in [3.05, 3.63) is 54.2 Å². The Morgan fingerprint density at radius 3 is 2.86 bits per heavy atom. The van der Waals surface area contributed by atoms with Crippen LogP contribution in [0.4, 0.5) is 0 Å². The first-order chi connectivity index (χ1) is 14.1. The molecule has 0 bridgehead atoms. The monoisotopic (exact) mass is 393 g/mol. The van der Waals surface area contributed by atoms with E-state index in [1.54, 1.807) is 0 Å². The number of nitrogens with zero attached hydrogens (tertiary/aromatic N) is 3. The van der Waals surface area contributed by atoms with Crippen LogP contribution in [0, 0.1) is 5.92 Å². The smallest absolute Gasteiger partial charge is 0.225 e. The number of carbonyl (C=O) groups is 1. The minimum Gasteiger partial charge on any atom is -0.357 e. The van der Waals surface area contributed by atoms with Crippen molar-refractivity contribution in [2.24, 2.45) is 10.9 Å². The molecule has 1 fully saturated rings. The molecule has 1 aromatic heterocycles. The van der Waals surface area contributed by atoms with Gasteiger partial charge in [0, 0.05) is 43.4 Å². The molecule has 0 saturated carbocycles. The summed E-state index contributed by atoms with van der Waals surface area (Å²) in [6.07, 6.45) is 2.75. The molecule has 3 rings (SSSR count). The average Bonchev–Trinajstić information content (AvgIpc) is 3.21. The predicted molar refractivity (Wildman–Crippen MR) is 117 cm³/mol. The van der Waals surface area contributed by atoms with Crippen molar-refractivity contribution in [2.45, 2.75) is 39.8 Å². The number of pyridine rings is 1. The molecule has 2 N–H and O–H groups in total. The Labute approximate surface area is 173 Å². The van der Waals surface area contributed by atoms with Crippen molar-refractivity contribution in [3.8, 4) is 11.3 Å². The Kier molecular flexibility index (Phi) is 7.22. The van der Waals surface area contributed by atoms with Crippen molar-refractivity contribution < 1.29 is 4.79 Å².